The van der Waals surface area contributed by atoms with E-state index in [1.54, 1.807) is 19.1 Å². The molecule has 5 rings (SSSR count). The molecule has 4 fully saturated rings. The molecular weight excluding hydrogens is 432 g/mol. The van der Waals surface area contributed by atoms with E-state index < -0.39 is 10.1 Å². The molecule has 0 aromatic heterocycles. The Balaban J connectivity index is 1.40. The van der Waals surface area contributed by atoms with Gasteiger partial charge in [0, 0.05) is 5.92 Å². The lowest BCUT2D eigenvalue weighted by molar-refractivity contribution is -0.134. The van der Waals surface area contributed by atoms with E-state index >= 15 is 0 Å². The van der Waals surface area contributed by atoms with Crippen LogP contribution in [-0.2, 0) is 14.9 Å². The van der Waals surface area contributed by atoms with Gasteiger partial charge in [-0.05, 0) is 124 Å². The standard InChI is InChI=1S/C28H40O4S/c1-17-5-10-26(33(30,31)32)22(15-17)19-11-13-27(3)20(16-19)6-7-21-24-9-8-23(18(2)29)28(24,4)14-12-25(21)27/h5,10,15,19-21,23-25H,6-9,11-14,16H2,1-4H3,(H,30,31,32)/t19-,20+,21?,23+,24?,25?,27-,28+/m0/s1. The molecule has 0 bridgehead atoms. The maximum atomic E-state index is 12.4. The topological polar surface area (TPSA) is 71.4 Å². The van der Waals surface area contributed by atoms with Crippen molar-refractivity contribution in [3.05, 3.63) is 29.3 Å². The highest BCUT2D eigenvalue weighted by molar-refractivity contribution is 7.85. The molecule has 0 heterocycles. The van der Waals surface area contributed by atoms with Crippen molar-refractivity contribution < 1.29 is 17.8 Å². The fraction of sp³-hybridized carbons (Fsp3) is 0.750. The lowest BCUT2D eigenvalue weighted by atomic mass is 9.44. The lowest BCUT2D eigenvalue weighted by Gasteiger charge is -2.61. The smallest absolute Gasteiger partial charge is 0.294 e. The van der Waals surface area contributed by atoms with Crippen molar-refractivity contribution >= 4 is 15.9 Å². The van der Waals surface area contributed by atoms with Crippen LogP contribution in [0.25, 0.3) is 0 Å². The van der Waals surface area contributed by atoms with Gasteiger partial charge in [0.15, 0.2) is 0 Å². The van der Waals surface area contributed by atoms with Crippen molar-refractivity contribution in [1.29, 1.82) is 0 Å². The van der Waals surface area contributed by atoms with Crippen LogP contribution in [0.4, 0.5) is 0 Å². The third kappa shape index (κ3) is 3.64. The Labute approximate surface area is 199 Å². The predicted octanol–water partition coefficient (Wildman–Crippen LogP) is 6.57. The molecule has 0 spiro atoms. The van der Waals surface area contributed by atoms with Crippen molar-refractivity contribution in [2.45, 2.75) is 96.3 Å². The van der Waals surface area contributed by atoms with Gasteiger partial charge >= 0.3 is 0 Å². The summed E-state index contributed by atoms with van der Waals surface area (Å²) < 4.78 is 34.0. The molecule has 4 nitrogen and oxygen atoms in total. The van der Waals surface area contributed by atoms with Gasteiger partial charge in [-0.15, -0.1) is 0 Å². The van der Waals surface area contributed by atoms with Gasteiger partial charge in [-0.1, -0.05) is 31.5 Å². The predicted molar refractivity (Wildman–Crippen MR) is 130 cm³/mol. The van der Waals surface area contributed by atoms with Crippen LogP contribution in [0.5, 0.6) is 0 Å². The van der Waals surface area contributed by atoms with E-state index in [-0.39, 0.29) is 22.1 Å². The van der Waals surface area contributed by atoms with E-state index in [1.807, 2.05) is 13.0 Å². The zero-order valence-electron chi connectivity index (χ0n) is 20.6. The monoisotopic (exact) mass is 472 g/mol. The van der Waals surface area contributed by atoms with Gasteiger partial charge in [0.05, 0.1) is 4.90 Å². The average molecular weight is 473 g/mol. The maximum absolute atomic E-state index is 12.4. The van der Waals surface area contributed by atoms with Gasteiger partial charge in [0.2, 0.25) is 0 Å². The van der Waals surface area contributed by atoms with Crippen molar-refractivity contribution in [2.24, 2.45) is 40.4 Å². The highest BCUT2D eigenvalue weighted by Gasteiger charge is 2.60. The summed E-state index contributed by atoms with van der Waals surface area (Å²) in [6, 6.07) is 5.34. The number of rotatable bonds is 3. The zero-order valence-corrected chi connectivity index (χ0v) is 21.5. The molecule has 0 aliphatic heterocycles. The Kier molecular flexibility index (Phi) is 5.64. The summed E-state index contributed by atoms with van der Waals surface area (Å²) in [5.74, 6) is 3.58. The van der Waals surface area contributed by atoms with Crippen LogP contribution in [-0.4, -0.2) is 18.8 Å². The molecule has 5 heteroatoms. The van der Waals surface area contributed by atoms with Crippen molar-refractivity contribution in [3.63, 3.8) is 0 Å². The summed E-state index contributed by atoms with van der Waals surface area (Å²) in [7, 11) is -4.22. The molecule has 0 amide bonds. The average Bonchev–Trinajstić information content (AvgIpc) is 3.09. The molecule has 4 aliphatic rings. The fourth-order valence-electron chi connectivity index (χ4n) is 9.43. The largest absolute Gasteiger partial charge is 0.300 e. The molecule has 1 aromatic carbocycles. The SMILES string of the molecule is CC(=O)[C@H]1CCC2C3CC[C@@H]4C[C@@H](c5cc(C)ccc5S(=O)(=O)O)CC[C@]4(C)C3CC[C@@]21C. The second kappa shape index (κ2) is 7.91. The second-order valence-electron chi connectivity index (χ2n) is 12.4. The van der Waals surface area contributed by atoms with Crippen LogP contribution < -0.4 is 0 Å². The molecule has 1 aromatic rings. The molecule has 8 atom stereocenters. The van der Waals surface area contributed by atoms with Crippen LogP contribution in [0.15, 0.2) is 23.1 Å². The van der Waals surface area contributed by atoms with Crippen LogP contribution in [0, 0.1) is 47.3 Å². The quantitative estimate of drug-likeness (QED) is 0.505. The van der Waals surface area contributed by atoms with E-state index in [4.69, 9.17) is 0 Å². The number of benzene rings is 1. The summed E-state index contributed by atoms with van der Waals surface area (Å²) in [4.78, 5) is 12.5. The van der Waals surface area contributed by atoms with E-state index in [1.165, 1.54) is 32.1 Å². The second-order valence-corrected chi connectivity index (χ2v) is 13.8. The Morgan fingerprint density at radius 2 is 1.67 bits per heavy atom. The Hall–Kier alpha value is -1.20. The number of Topliss-reactive ketones (excluding diaryl/α,β-unsaturated/α-hetero) is 1. The number of ketones is 1. The number of fused-ring (bicyclic) bond motifs is 5. The van der Waals surface area contributed by atoms with E-state index in [0.29, 0.717) is 23.0 Å². The fourth-order valence-corrected chi connectivity index (χ4v) is 10.2. The summed E-state index contributed by atoms with van der Waals surface area (Å²) in [5, 5.41) is 0. The lowest BCUT2D eigenvalue weighted by Crippen LogP contribution is -2.53. The Morgan fingerprint density at radius 3 is 2.36 bits per heavy atom. The molecule has 1 N–H and O–H groups in total. The number of aryl methyl sites for hydroxylation is 1. The molecule has 182 valence electrons. The van der Waals surface area contributed by atoms with Gasteiger partial charge in [-0.2, -0.15) is 8.42 Å². The number of carbonyl (C=O) groups excluding carboxylic acids is 1. The van der Waals surface area contributed by atoms with Crippen molar-refractivity contribution in [3.8, 4) is 0 Å². The van der Waals surface area contributed by atoms with Crippen LogP contribution in [0.3, 0.4) is 0 Å². The van der Waals surface area contributed by atoms with E-state index in [9.17, 15) is 17.8 Å². The van der Waals surface area contributed by atoms with Gasteiger partial charge in [0.25, 0.3) is 10.1 Å². The summed E-state index contributed by atoms with van der Waals surface area (Å²) in [5.41, 5.74) is 2.36. The third-order valence-corrected chi connectivity index (χ3v) is 12.0. The molecule has 4 saturated carbocycles. The minimum absolute atomic E-state index is 0.102. The van der Waals surface area contributed by atoms with Crippen molar-refractivity contribution in [2.75, 3.05) is 0 Å². The number of hydrogen-bond acceptors (Lipinski definition) is 3. The molecule has 0 saturated heterocycles. The molecular formula is C28H40O4S. The molecule has 3 unspecified atom stereocenters. The Bertz CT molecular complexity index is 1060. The first kappa shape index (κ1) is 23.5. The molecule has 4 aliphatic carbocycles. The van der Waals surface area contributed by atoms with Crippen molar-refractivity contribution in [1.82, 2.24) is 0 Å². The van der Waals surface area contributed by atoms with Gasteiger partial charge in [-0.25, -0.2) is 0 Å². The summed E-state index contributed by atoms with van der Waals surface area (Å²) >= 11 is 0. The van der Waals surface area contributed by atoms with Gasteiger partial charge in [0.1, 0.15) is 5.78 Å². The first-order chi connectivity index (χ1) is 15.4. The third-order valence-electron chi connectivity index (χ3n) is 11.0. The number of hydrogen-bond donors (Lipinski definition) is 1. The Morgan fingerprint density at radius 1 is 0.970 bits per heavy atom. The molecule has 33 heavy (non-hydrogen) atoms. The summed E-state index contributed by atoms with van der Waals surface area (Å²) in [6.45, 7) is 8.72. The highest BCUT2D eigenvalue weighted by Crippen LogP contribution is 2.68. The highest BCUT2D eigenvalue weighted by atomic mass is 32.2. The number of carbonyl (C=O) groups is 1. The normalized spacial score (nSPS) is 42.8. The maximum Gasteiger partial charge on any atom is 0.294 e. The van der Waals surface area contributed by atoms with E-state index in [0.717, 1.165) is 48.6 Å². The first-order valence-electron chi connectivity index (χ1n) is 13.0. The van der Waals surface area contributed by atoms with Crippen LogP contribution in [0.1, 0.15) is 95.6 Å². The van der Waals surface area contributed by atoms with Gasteiger partial charge in [-0.3, -0.25) is 9.35 Å². The van der Waals surface area contributed by atoms with Gasteiger partial charge < -0.3 is 0 Å². The van der Waals surface area contributed by atoms with Crippen LogP contribution >= 0.6 is 0 Å². The zero-order chi connectivity index (χ0) is 23.8. The molecule has 0 radical (unpaired) electrons. The minimum atomic E-state index is -4.22. The van der Waals surface area contributed by atoms with E-state index in [2.05, 4.69) is 13.8 Å². The minimum Gasteiger partial charge on any atom is -0.300 e. The van der Waals surface area contributed by atoms with Crippen LogP contribution in [0.2, 0.25) is 0 Å². The summed E-state index contributed by atoms with van der Waals surface area (Å²) in [6.07, 6.45) is 10.3. The first-order valence-corrected chi connectivity index (χ1v) is 14.5.